The largest absolute Gasteiger partial charge is 0.449 e. The van der Waals surface area contributed by atoms with Crippen LogP contribution in [0, 0.1) is 17.6 Å². The molecule has 0 bridgehead atoms. The number of nitrogen functional groups attached to an aromatic ring is 1. The van der Waals surface area contributed by atoms with E-state index < -0.39 is 29.6 Å². The minimum atomic E-state index is -1.21. The van der Waals surface area contributed by atoms with Crippen LogP contribution in [0.1, 0.15) is 31.1 Å². The van der Waals surface area contributed by atoms with Gasteiger partial charge in [-0.2, -0.15) is 0 Å². The molecule has 0 saturated heterocycles. The molecule has 1 amide bonds. The van der Waals surface area contributed by atoms with Crippen molar-refractivity contribution in [2.75, 3.05) is 12.3 Å². The maximum absolute atomic E-state index is 13.1. The van der Waals surface area contributed by atoms with E-state index in [-0.39, 0.29) is 17.2 Å². The van der Waals surface area contributed by atoms with E-state index in [1.165, 1.54) is 6.92 Å². The van der Waals surface area contributed by atoms with E-state index in [2.05, 4.69) is 5.32 Å². The van der Waals surface area contributed by atoms with Crippen LogP contribution in [0.5, 0.6) is 0 Å². The van der Waals surface area contributed by atoms with Crippen LogP contribution in [0.4, 0.5) is 14.5 Å². The normalized spacial score (nSPS) is 12.1. The van der Waals surface area contributed by atoms with Gasteiger partial charge in [-0.1, -0.05) is 13.8 Å². The van der Waals surface area contributed by atoms with Crippen LogP contribution in [-0.2, 0) is 9.53 Å². The molecule has 3 N–H and O–H groups in total. The molecule has 5 nitrogen and oxygen atoms in total. The Morgan fingerprint density at radius 1 is 1.24 bits per heavy atom. The number of hydrogen-bond acceptors (Lipinski definition) is 4. The van der Waals surface area contributed by atoms with Gasteiger partial charge in [-0.15, -0.1) is 0 Å². The fourth-order valence-corrected chi connectivity index (χ4v) is 1.47. The molecule has 0 aromatic heterocycles. The first-order valence-electron chi connectivity index (χ1n) is 6.45. The van der Waals surface area contributed by atoms with Crippen LogP contribution >= 0.6 is 0 Å². The molecule has 0 fully saturated rings. The zero-order chi connectivity index (χ0) is 16.2. The standard InChI is InChI=1S/C14H18F2N2O3/c1-7(2)6-18-13(19)8(3)21-14(20)9-4-10(15)11(16)5-12(9)17/h4-5,7-8H,6,17H2,1-3H3,(H,18,19). The molecule has 0 aliphatic rings. The topological polar surface area (TPSA) is 81.4 Å². The fourth-order valence-electron chi connectivity index (χ4n) is 1.47. The number of esters is 1. The van der Waals surface area contributed by atoms with Crippen molar-refractivity contribution < 1.29 is 23.1 Å². The number of benzene rings is 1. The lowest BCUT2D eigenvalue weighted by Crippen LogP contribution is -2.37. The predicted octanol–water partition coefficient (Wildman–Crippen LogP) is 1.86. The molecule has 1 aromatic carbocycles. The summed E-state index contributed by atoms with van der Waals surface area (Å²) < 4.78 is 30.9. The molecular weight excluding hydrogens is 282 g/mol. The summed E-state index contributed by atoms with van der Waals surface area (Å²) in [6, 6.07) is 1.33. The number of ether oxygens (including phenoxy) is 1. The number of hydrogen-bond donors (Lipinski definition) is 2. The summed E-state index contributed by atoms with van der Waals surface area (Å²) in [4.78, 5) is 23.5. The molecule has 0 spiro atoms. The summed E-state index contributed by atoms with van der Waals surface area (Å²) in [7, 11) is 0. The van der Waals surface area contributed by atoms with Crippen molar-refractivity contribution in [3.05, 3.63) is 29.3 Å². The van der Waals surface area contributed by atoms with E-state index in [9.17, 15) is 18.4 Å². The van der Waals surface area contributed by atoms with Crippen LogP contribution in [0.15, 0.2) is 12.1 Å². The molecule has 0 heterocycles. The van der Waals surface area contributed by atoms with Gasteiger partial charge in [0, 0.05) is 18.3 Å². The van der Waals surface area contributed by atoms with Crippen LogP contribution in [0.3, 0.4) is 0 Å². The number of nitrogens with two attached hydrogens (primary N) is 1. The Bertz CT molecular complexity index is 547. The van der Waals surface area contributed by atoms with Gasteiger partial charge in [0.1, 0.15) is 0 Å². The van der Waals surface area contributed by atoms with Crippen molar-refractivity contribution in [1.29, 1.82) is 0 Å². The second kappa shape index (κ2) is 7.01. The SMILES string of the molecule is CC(C)CNC(=O)C(C)OC(=O)c1cc(F)c(F)cc1N. The quantitative estimate of drug-likeness (QED) is 0.642. The summed E-state index contributed by atoms with van der Waals surface area (Å²) >= 11 is 0. The average Bonchev–Trinajstić information content (AvgIpc) is 2.39. The lowest BCUT2D eigenvalue weighted by Gasteiger charge is -2.15. The minimum absolute atomic E-state index is 0.249. The number of nitrogens with one attached hydrogen (secondary N) is 1. The van der Waals surface area contributed by atoms with Gasteiger partial charge in [0.05, 0.1) is 5.56 Å². The van der Waals surface area contributed by atoms with Gasteiger partial charge in [-0.3, -0.25) is 4.79 Å². The molecular formula is C14H18F2N2O3. The molecule has 116 valence electrons. The van der Waals surface area contributed by atoms with Crippen molar-refractivity contribution in [3.63, 3.8) is 0 Å². The van der Waals surface area contributed by atoms with Crippen LogP contribution in [-0.4, -0.2) is 24.5 Å². The third-order valence-corrected chi connectivity index (χ3v) is 2.65. The third kappa shape index (κ3) is 4.70. The number of halogens is 2. The molecule has 1 rings (SSSR count). The summed E-state index contributed by atoms with van der Waals surface area (Å²) in [5.41, 5.74) is 4.86. The lowest BCUT2D eigenvalue weighted by atomic mass is 10.1. The Labute approximate surface area is 121 Å². The Morgan fingerprint density at radius 2 is 1.81 bits per heavy atom. The highest BCUT2D eigenvalue weighted by molar-refractivity contribution is 5.96. The van der Waals surface area contributed by atoms with E-state index in [4.69, 9.17) is 10.5 Å². The number of carbonyl (C=O) groups is 2. The molecule has 0 saturated carbocycles. The van der Waals surface area contributed by atoms with Gasteiger partial charge in [0.15, 0.2) is 17.7 Å². The molecule has 1 atom stereocenters. The Morgan fingerprint density at radius 3 is 2.38 bits per heavy atom. The lowest BCUT2D eigenvalue weighted by molar-refractivity contribution is -0.129. The maximum atomic E-state index is 13.1. The predicted molar refractivity (Wildman–Crippen MR) is 73.5 cm³/mol. The van der Waals surface area contributed by atoms with E-state index in [0.717, 1.165) is 0 Å². The van der Waals surface area contributed by atoms with Gasteiger partial charge in [-0.05, 0) is 18.9 Å². The molecule has 1 aromatic rings. The Balaban J connectivity index is 2.73. The summed E-state index contributed by atoms with van der Waals surface area (Å²) in [6.45, 7) is 5.65. The van der Waals surface area contributed by atoms with Gasteiger partial charge in [-0.25, -0.2) is 13.6 Å². The van der Waals surface area contributed by atoms with Crippen molar-refractivity contribution in [2.45, 2.75) is 26.9 Å². The zero-order valence-corrected chi connectivity index (χ0v) is 12.1. The van der Waals surface area contributed by atoms with Gasteiger partial charge in [0.2, 0.25) is 0 Å². The first-order valence-corrected chi connectivity index (χ1v) is 6.45. The molecule has 0 aliphatic carbocycles. The summed E-state index contributed by atoms with van der Waals surface area (Å²) in [5.74, 6) is -3.59. The Kier molecular flexibility index (Phi) is 5.63. The summed E-state index contributed by atoms with van der Waals surface area (Å²) in [6.07, 6.45) is -1.07. The smallest absolute Gasteiger partial charge is 0.341 e. The monoisotopic (exact) mass is 300 g/mol. The van der Waals surface area contributed by atoms with Crippen LogP contribution in [0.2, 0.25) is 0 Å². The third-order valence-electron chi connectivity index (χ3n) is 2.65. The van der Waals surface area contributed by atoms with E-state index in [1.54, 1.807) is 0 Å². The van der Waals surface area contributed by atoms with Gasteiger partial charge in [0.25, 0.3) is 5.91 Å². The molecule has 1 unspecified atom stereocenters. The highest BCUT2D eigenvalue weighted by Gasteiger charge is 2.21. The van der Waals surface area contributed by atoms with Crippen LogP contribution < -0.4 is 11.1 Å². The number of rotatable bonds is 5. The second-order valence-electron chi connectivity index (χ2n) is 5.04. The van der Waals surface area contributed by atoms with Gasteiger partial charge >= 0.3 is 5.97 Å². The first kappa shape index (κ1) is 16.9. The fraction of sp³-hybridized carbons (Fsp3) is 0.429. The van der Waals surface area contributed by atoms with Crippen molar-refractivity contribution in [2.24, 2.45) is 5.92 Å². The molecule has 0 radical (unpaired) electrons. The number of carbonyl (C=O) groups excluding carboxylic acids is 2. The van der Waals surface area contributed by atoms with Crippen molar-refractivity contribution in [3.8, 4) is 0 Å². The van der Waals surface area contributed by atoms with Gasteiger partial charge < -0.3 is 15.8 Å². The number of anilines is 1. The maximum Gasteiger partial charge on any atom is 0.341 e. The highest BCUT2D eigenvalue weighted by Crippen LogP contribution is 2.18. The average molecular weight is 300 g/mol. The van der Waals surface area contributed by atoms with E-state index >= 15 is 0 Å². The zero-order valence-electron chi connectivity index (χ0n) is 12.1. The van der Waals surface area contributed by atoms with E-state index in [1.807, 2.05) is 13.8 Å². The van der Waals surface area contributed by atoms with Crippen molar-refractivity contribution >= 4 is 17.6 Å². The second-order valence-corrected chi connectivity index (χ2v) is 5.04. The number of amides is 1. The minimum Gasteiger partial charge on any atom is -0.449 e. The molecule has 0 aliphatic heterocycles. The Hall–Kier alpha value is -2.18. The highest BCUT2D eigenvalue weighted by atomic mass is 19.2. The molecule has 21 heavy (non-hydrogen) atoms. The summed E-state index contributed by atoms with van der Waals surface area (Å²) in [5, 5.41) is 2.59. The van der Waals surface area contributed by atoms with Crippen LogP contribution in [0.25, 0.3) is 0 Å². The first-order chi connectivity index (χ1) is 9.72. The van der Waals surface area contributed by atoms with Crippen molar-refractivity contribution in [1.82, 2.24) is 5.32 Å². The molecule has 7 heteroatoms. The van der Waals surface area contributed by atoms with E-state index in [0.29, 0.717) is 18.7 Å².